The van der Waals surface area contributed by atoms with Crippen molar-refractivity contribution >= 4 is 50.6 Å². The van der Waals surface area contributed by atoms with E-state index in [1.54, 1.807) is 0 Å². The summed E-state index contributed by atoms with van der Waals surface area (Å²) in [4.78, 5) is 4.92. The van der Waals surface area contributed by atoms with E-state index in [0.29, 0.717) is 5.02 Å². The molecule has 4 rings (SSSR count). The lowest BCUT2D eigenvalue weighted by Crippen LogP contribution is -2.18. The zero-order valence-corrected chi connectivity index (χ0v) is 21.1. The highest BCUT2D eigenvalue weighted by molar-refractivity contribution is 9.09. The molecule has 1 atom stereocenters. The molecule has 4 heteroatoms. The van der Waals surface area contributed by atoms with E-state index in [1.807, 2.05) is 62.4 Å². The Labute approximate surface area is 209 Å². The molecule has 0 saturated heterocycles. The maximum Gasteiger partial charge on any atom is 0.0843 e. The van der Waals surface area contributed by atoms with E-state index in [2.05, 4.69) is 58.4 Å². The van der Waals surface area contributed by atoms with Crippen LogP contribution < -0.4 is 0 Å². The van der Waals surface area contributed by atoms with Crippen molar-refractivity contribution in [3.63, 3.8) is 0 Å². The zero-order chi connectivity index (χ0) is 23.4. The average Bonchev–Trinajstić information content (AvgIpc) is 2.80. The van der Waals surface area contributed by atoms with Crippen molar-refractivity contribution in [2.24, 2.45) is 0 Å². The molecule has 0 spiro atoms. The van der Waals surface area contributed by atoms with Crippen molar-refractivity contribution in [2.75, 3.05) is 0 Å². The molecular weight excluding hydrogens is 494 g/mol. The van der Waals surface area contributed by atoms with Gasteiger partial charge in [-0.15, -0.1) is 0 Å². The lowest BCUT2D eigenvalue weighted by atomic mass is 9.90. The Hall–Kier alpha value is -2.46. The van der Waals surface area contributed by atoms with Gasteiger partial charge in [0.15, 0.2) is 0 Å². The van der Waals surface area contributed by atoms with Gasteiger partial charge in [0.25, 0.3) is 0 Å². The van der Waals surface area contributed by atoms with Crippen LogP contribution in [0.3, 0.4) is 0 Å². The summed E-state index contributed by atoms with van der Waals surface area (Å²) < 4.78 is 0. The Morgan fingerprint density at radius 3 is 2.58 bits per heavy atom. The molecule has 3 aromatic carbocycles. The molecule has 1 unspecified atom stereocenters. The molecule has 1 N–H and O–H groups in total. The maximum atomic E-state index is 10.5. The van der Waals surface area contributed by atoms with Crippen LogP contribution in [-0.2, 0) is 12.0 Å². The Kier molecular flexibility index (Phi) is 7.33. The zero-order valence-electron chi connectivity index (χ0n) is 18.8. The fraction of sp³-hybridized carbons (Fsp3) is 0.207. The van der Waals surface area contributed by atoms with E-state index >= 15 is 0 Å². The topological polar surface area (TPSA) is 33.1 Å². The SMILES string of the molecule is CC(C)(O)c1ccccc1CCC(Br)c1cccc(/C=C/c2ccc3ccc(Cl)cc3n2)c1. The summed E-state index contributed by atoms with van der Waals surface area (Å²) in [5.74, 6) is 0. The van der Waals surface area contributed by atoms with Gasteiger partial charge < -0.3 is 5.11 Å². The highest BCUT2D eigenvalue weighted by atomic mass is 79.9. The highest BCUT2D eigenvalue weighted by Crippen LogP contribution is 2.31. The smallest absolute Gasteiger partial charge is 0.0843 e. The summed E-state index contributed by atoms with van der Waals surface area (Å²) in [5, 5.41) is 12.3. The summed E-state index contributed by atoms with van der Waals surface area (Å²) >= 11 is 9.98. The standard InChI is InChI=1S/C29H27BrClNO/c1-29(2,33)26-9-4-3-7-21(26)13-17-27(30)23-8-5-6-20(18-23)10-15-25-16-12-22-11-14-24(31)19-28(22)32-25/h3-12,14-16,18-19,27,33H,13,17H2,1-2H3/b15-10+. The fourth-order valence-corrected chi connectivity index (χ4v) is 4.70. The molecular formula is C29H27BrClNO. The molecule has 0 aliphatic carbocycles. The molecule has 2 nitrogen and oxygen atoms in total. The normalized spacial score (nSPS) is 13.0. The number of aryl methyl sites for hydroxylation is 1. The van der Waals surface area contributed by atoms with Crippen molar-refractivity contribution in [3.8, 4) is 0 Å². The summed E-state index contributed by atoms with van der Waals surface area (Å²) in [6.07, 6.45) is 5.95. The summed E-state index contributed by atoms with van der Waals surface area (Å²) in [5.41, 5.74) is 5.49. The minimum atomic E-state index is -0.842. The van der Waals surface area contributed by atoms with Crippen LogP contribution in [0.15, 0.2) is 78.9 Å². The summed E-state index contributed by atoms with van der Waals surface area (Å²) in [6, 6.07) is 26.5. The number of hydrogen-bond donors (Lipinski definition) is 1. The molecule has 0 amide bonds. The van der Waals surface area contributed by atoms with Crippen molar-refractivity contribution < 1.29 is 5.11 Å². The Morgan fingerprint density at radius 2 is 1.76 bits per heavy atom. The molecule has 0 fully saturated rings. The first kappa shape index (κ1) is 23.7. The molecule has 1 aromatic heterocycles. The van der Waals surface area contributed by atoms with E-state index < -0.39 is 5.60 Å². The molecule has 0 aliphatic heterocycles. The molecule has 0 radical (unpaired) electrons. The Balaban J connectivity index is 1.47. The Morgan fingerprint density at radius 1 is 0.970 bits per heavy atom. The highest BCUT2D eigenvalue weighted by Gasteiger charge is 2.20. The predicted molar refractivity (Wildman–Crippen MR) is 144 cm³/mol. The third-order valence-corrected chi connectivity index (χ3v) is 6.96. The van der Waals surface area contributed by atoms with Gasteiger partial charge in [0.05, 0.1) is 16.8 Å². The van der Waals surface area contributed by atoms with Crippen molar-refractivity contribution in [3.05, 3.63) is 112 Å². The largest absolute Gasteiger partial charge is 0.386 e. The number of pyridine rings is 1. The molecule has 4 aromatic rings. The van der Waals surface area contributed by atoms with Crippen LogP contribution in [0.1, 0.15) is 53.0 Å². The van der Waals surface area contributed by atoms with Crippen LogP contribution in [0, 0.1) is 0 Å². The van der Waals surface area contributed by atoms with E-state index in [0.717, 1.165) is 40.6 Å². The van der Waals surface area contributed by atoms with Gasteiger partial charge in [-0.2, -0.15) is 0 Å². The van der Waals surface area contributed by atoms with Crippen LogP contribution in [0.4, 0.5) is 0 Å². The first-order valence-corrected chi connectivity index (χ1v) is 12.4. The van der Waals surface area contributed by atoms with Crippen LogP contribution in [0.25, 0.3) is 23.1 Å². The monoisotopic (exact) mass is 519 g/mol. The van der Waals surface area contributed by atoms with Crippen LogP contribution in [0.2, 0.25) is 5.02 Å². The second kappa shape index (κ2) is 10.2. The van der Waals surface area contributed by atoms with Gasteiger partial charge in [0.1, 0.15) is 0 Å². The first-order chi connectivity index (χ1) is 15.8. The fourth-order valence-electron chi connectivity index (χ4n) is 4.02. The van der Waals surface area contributed by atoms with E-state index in [1.165, 1.54) is 11.1 Å². The second-order valence-corrected chi connectivity index (χ2v) is 10.3. The number of fused-ring (bicyclic) bond motifs is 1. The summed E-state index contributed by atoms with van der Waals surface area (Å²) in [7, 11) is 0. The van der Waals surface area contributed by atoms with Gasteiger partial charge in [-0.1, -0.05) is 94.3 Å². The van der Waals surface area contributed by atoms with Crippen LogP contribution in [0.5, 0.6) is 0 Å². The van der Waals surface area contributed by atoms with Gasteiger partial charge in [-0.05, 0) is 73.2 Å². The van der Waals surface area contributed by atoms with E-state index in [9.17, 15) is 5.11 Å². The molecule has 33 heavy (non-hydrogen) atoms. The van der Waals surface area contributed by atoms with Gasteiger partial charge >= 0.3 is 0 Å². The average molecular weight is 521 g/mol. The number of alkyl halides is 1. The molecule has 0 aliphatic rings. The molecule has 1 heterocycles. The molecule has 168 valence electrons. The van der Waals surface area contributed by atoms with E-state index in [-0.39, 0.29) is 4.83 Å². The van der Waals surface area contributed by atoms with Crippen molar-refractivity contribution in [1.29, 1.82) is 0 Å². The number of hydrogen-bond acceptors (Lipinski definition) is 2. The number of nitrogens with zero attached hydrogens (tertiary/aromatic N) is 1. The lowest BCUT2D eigenvalue weighted by Gasteiger charge is -2.22. The number of halogens is 2. The van der Waals surface area contributed by atoms with Gasteiger partial charge in [0, 0.05) is 15.2 Å². The van der Waals surface area contributed by atoms with Crippen molar-refractivity contribution in [1.82, 2.24) is 4.98 Å². The maximum absolute atomic E-state index is 10.5. The number of rotatable bonds is 7. The number of aliphatic hydroxyl groups is 1. The second-order valence-electron chi connectivity index (χ2n) is 8.80. The predicted octanol–water partition coefficient (Wildman–Crippen LogP) is 8.35. The first-order valence-electron chi connectivity index (χ1n) is 11.1. The summed E-state index contributed by atoms with van der Waals surface area (Å²) in [6.45, 7) is 3.68. The van der Waals surface area contributed by atoms with Crippen molar-refractivity contribution in [2.45, 2.75) is 37.1 Å². The van der Waals surface area contributed by atoms with Crippen LogP contribution in [-0.4, -0.2) is 10.1 Å². The van der Waals surface area contributed by atoms with Gasteiger partial charge in [-0.3, -0.25) is 0 Å². The minimum Gasteiger partial charge on any atom is -0.386 e. The van der Waals surface area contributed by atoms with Crippen LogP contribution >= 0.6 is 27.5 Å². The molecule has 0 bridgehead atoms. The number of benzene rings is 3. The minimum absolute atomic E-state index is 0.224. The third-order valence-electron chi connectivity index (χ3n) is 5.74. The lowest BCUT2D eigenvalue weighted by molar-refractivity contribution is 0.0776. The number of aromatic nitrogens is 1. The third kappa shape index (κ3) is 6.11. The van der Waals surface area contributed by atoms with Gasteiger partial charge in [-0.25, -0.2) is 4.98 Å². The van der Waals surface area contributed by atoms with Gasteiger partial charge in [0.2, 0.25) is 0 Å². The molecule has 0 saturated carbocycles. The Bertz CT molecular complexity index is 1290. The van der Waals surface area contributed by atoms with E-state index in [4.69, 9.17) is 16.6 Å². The quantitative estimate of drug-likeness (QED) is 0.248.